The zero-order valence-electron chi connectivity index (χ0n) is 12.8. The number of hydrogen-bond donors (Lipinski definition) is 1. The average molecular weight is 435 g/mol. The number of hydrogen-bond acceptors (Lipinski definition) is 5. The summed E-state index contributed by atoms with van der Waals surface area (Å²) in [6, 6.07) is 0. The Morgan fingerprint density at radius 2 is 0.750 bits per heavy atom. The molecule has 4 fully saturated rings. The highest BCUT2D eigenvalue weighted by Gasteiger charge is 2.36. The van der Waals surface area contributed by atoms with E-state index in [2.05, 4.69) is 32.8 Å². The zero-order valence-corrected chi connectivity index (χ0v) is 16.6. The molecule has 134 valence electrons. The van der Waals surface area contributed by atoms with Crippen LogP contribution in [0.4, 0.5) is 0 Å². The van der Waals surface area contributed by atoms with Crippen LogP contribution in [0.3, 0.4) is 0 Å². The maximum Gasteiger partial charge on any atom is 0.155 e. The van der Waals surface area contributed by atoms with Gasteiger partial charge in [-0.1, -0.05) is 58.0 Å². The molecule has 1 aromatic carbocycles. The maximum absolute atomic E-state index is 9.20. The number of phenolic OH excluding ortho intramolecular Hbond substituents is 1. The maximum atomic E-state index is 9.20. The molecule has 1 aromatic rings. The van der Waals surface area contributed by atoms with Crippen molar-refractivity contribution in [1.82, 2.24) is 19.6 Å². The number of rotatable bonds is 0. The number of halogens is 5. The van der Waals surface area contributed by atoms with Crippen molar-refractivity contribution < 1.29 is 5.11 Å². The molecule has 4 saturated heterocycles. The molecule has 1 N–H and O–H groups in total. The van der Waals surface area contributed by atoms with Crippen molar-refractivity contribution in [2.75, 3.05) is 40.0 Å². The van der Waals surface area contributed by atoms with Crippen molar-refractivity contribution >= 4 is 58.0 Å². The Morgan fingerprint density at radius 1 is 0.542 bits per heavy atom. The van der Waals surface area contributed by atoms with Gasteiger partial charge in [-0.05, 0) is 0 Å². The van der Waals surface area contributed by atoms with Crippen LogP contribution in [0.15, 0.2) is 13.2 Å². The van der Waals surface area contributed by atoms with E-state index < -0.39 is 0 Å². The molecule has 0 atom stereocenters. The first-order valence-corrected chi connectivity index (χ1v) is 8.85. The molecule has 0 amide bonds. The largest absolute Gasteiger partial charge is 0.505 e. The molecule has 0 radical (unpaired) electrons. The Hall–Kier alpha value is 0.0500. The van der Waals surface area contributed by atoms with Crippen LogP contribution < -0.4 is 0 Å². The summed E-state index contributed by atoms with van der Waals surface area (Å²) in [6.07, 6.45) is 0. The smallest absolute Gasteiger partial charge is 0.155 e. The minimum Gasteiger partial charge on any atom is -0.505 e. The summed E-state index contributed by atoms with van der Waals surface area (Å²) in [5, 5.41) is 9.01. The second-order valence-electron chi connectivity index (χ2n) is 5.45. The predicted octanol–water partition coefficient (Wildman–Crippen LogP) is 4.44. The minimum absolute atomic E-state index is 0.00904. The predicted molar refractivity (Wildman–Crippen MR) is 101 cm³/mol. The van der Waals surface area contributed by atoms with Crippen LogP contribution in [0, 0.1) is 0 Å². The molecule has 0 unspecified atom stereocenters. The summed E-state index contributed by atoms with van der Waals surface area (Å²) in [6.45, 7) is 13.1. The van der Waals surface area contributed by atoms with Gasteiger partial charge in [0.2, 0.25) is 0 Å². The molecule has 0 aliphatic carbocycles. The lowest BCUT2D eigenvalue weighted by atomic mass is 10.3. The van der Waals surface area contributed by atoms with Gasteiger partial charge in [-0.2, -0.15) is 0 Å². The van der Waals surface area contributed by atoms with Crippen LogP contribution in [-0.4, -0.2) is 64.7 Å². The normalized spacial score (nSPS) is 29.4. The quantitative estimate of drug-likeness (QED) is 0.371. The molecule has 0 aromatic heterocycles. The van der Waals surface area contributed by atoms with Gasteiger partial charge in [0.25, 0.3) is 0 Å². The van der Waals surface area contributed by atoms with E-state index in [1.807, 2.05) is 0 Å². The minimum atomic E-state index is -0.363. The highest BCUT2D eigenvalue weighted by molar-refractivity contribution is 6.55. The third-order valence-corrected chi connectivity index (χ3v) is 5.84. The molecule has 4 aliphatic rings. The van der Waals surface area contributed by atoms with Crippen molar-refractivity contribution in [3.8, 4) is 5.75 Å². The Labute approximate surface area is 166 Å². The van der Waals surface area contributed by atoms with Crippen LogP contribution in [0.2, 0.25) is 25.1 Å². The number of nitrogens with zero attached hydrogens (tertiary/aromatic N) is 4. The Kier molecular flexibility index (Phi) is 7.32. The van der Waals surface area contributed by atoms with E-state index in [9.17, 15) is 5.11 Å². The summed E-state index contributed by atoms with van der Waals surface area (Å²) < 4.78 is 0. The first kappa shape index (κ1) is 20.4. The van der Waals surface area contributed by atoms with Crippen molar-refractivity contribution in [1.29, 1.82) is 0 Å². The first-order chi connectivity index (χ1) is 11.4. The van der Waals surface area contributed by atoms with Crippen molar-refractivity contribution in [3.63, 3.8) is 0 Å². The highest BCUT2D eigenvalue weighted by Crippen LogP contribution is 2.47. The van der Waals surface area contributed by atoms with E-state index in [1.54, 1.807) is 0 Å². The average Bonchev–Trinajstić information content (AvgIpc) is 2.58. The standard InChI is InChI=1S/C6HCl5O.C6H12N4.C2H4/c7-1-2(8)4(10)6(12)5(11)3(1)9;1-7-2-9-4-8(1)5-10(3-7)6-9;1-2/h12H;1-6H2;1-2H2. The van der Waals surface area contributed by atoms with Crippen LogP contribution in [-0.2, 0) is 0 Å². The molecule has 24 heavy (non-hydrogen) atoms. The molecule has 0 spiro atoms. The summed E-state index contributed by atoms with van der Waals surface area (Å²) in [7, 11) is 0. The lowest BCUT2D eigenvalue weighted by molar-refractivity contribution is -0.194. The monoisotopic (exact) mass is 432 g/mol. The third-order valence-electron chi connectivity index (χ3n) is 3.59. The SMILES string of the molecule is C1N2CN3CN1CN(C2)C3.C=C.Oc1c(Cl)c(Cl)c(Cl)c(Cl)c1Cl. The number of benzene rings is 1. The Balaban J connectivity index is 0.000000159. The third kappa shape index (κ3) is 4.23. The Bertz CT molecular complexity index is 454. The van der Waals surface area contributed by atoms with E-state index in [0.29, 0.717) is 0 Å². The van der Waals surface area contributed by atoms with Crippen LogP contribution in [0.1, 0.15) is 0 Å². The topological polar surface area (TPSA) is 33.2 Å². The molecule has 10 heteroatoms. The van der Waals surface area contributed by atoms with Crippen LogP contribution in [0.25, 0.3) is 0 Å². The van der Waals surface area contributed by atoms with Crippen molar-refractivity contribution in [2.24, 2.45) is 0 Å². The molecule has 0 saturated carbocycles. The van der Waals surface area contributed by atoms with Crippen molar-refractivity contribution in [2.45, 2.75) is 0 Å². The van der Waals surface area contributed by atoms with Gasteiger partial charge in [0, 0.05) is 0 Å². The van der Waals surface area contributed by atoms with Crippen LogP contribution in [0.5, 0.6) is 5.75 Å². The fourth-order valence-corrected chi connectivity index (χ4v) is 3.96. The summed E-state index contributed by atoms with van der Waals surface area (Å²) >= 11 is 27.9. The van der Waals surface area contributed by atoms with Gasteiger partial charge in [-0.25, -0.2) is 0 Å². The fraction of sp³-hybridized carbons (Fsp3) is 0.429. The number of aromatic hydroxyl groups is 1. The van der Waals surface area contributed by atoms with E-state index in [1.165, 1.54) is 40.0 Å². The zero-order chi connectivity index (χ0) is 18.0. The van der Waals surface area contributed by atoms with E-state index in [4.69, 9.17) is 58.0 Å². The Morgan fingerprint density at radius 3 is 1.00 bits per heavy atom. The molecular weight excluding hydrogens is 417 g/mol. The molecule has 4 aliphatic heterocycles. The molecule has 4 bridgehead atoms. The number of phenols is 1. The van der Waals surface area contributed by atoms with Gasteiger partial charge < -0.3 is 5.11 Å². The lowest BCUT2D eigenvalue weighted by Gasteiger charge is -2.56. The van der Waals surface area contributed by atoms with E-state index >= 15 is 0 Å². The van der Waals surface area contributed by atoms with Gasteiger partial charge in [-0.15, -0.1) is 13.2 Å². The van der Waals surface area contributed by atoms with Gasteiger partial charge in [0.05, 0.1) is 55.1 Å². The molecule has 5 rings (SSSR count). The van der Waals surface area contributed by atoms with Gasteiger partial charge in [0.15, 0.2) is 5.75 Å². The second-order valence-corrected chi connectivity index (χ2v) is 7.34. The molecular formula is C14H17Cl5N4O. The fourth-order valence-electron chi connectivity index (χ4n) is 2.83. The van der Waals surface area contributed by atoms with Gasteiger partial charge >= 0.3 is 0 Å². The van der Waals surface area contributed by atoms with Crippen molar-refractivity contribution in [3.05, 3.63) is 38.3 Å². The second kappa shape index (κ2) is 8.62. The van der Waals surface area contributed by atoms with Crippen LogP contribution >= 0.6 is 58.0 Å². The van der Waals surface area contributed by atoms with Gasteiger partial charge in [-0.3, -0.25) is 19.6 Å². The van der Waals surface area contributed by atoms with E-state index in [-0.39, 0.29) is 30.9 Å². The molecule has 4 heterocycles. The first-order valence-electron chi connectivity index (χ1n) is 6.96. The van der Waals surface area contributed by atoms with Gasteiger partial charge in [0.1, 0.15) is 10.0 Å². The highest BCUT2D eigenvalue weighted by atomic mass is 35.5. The summed E-state index contributed by atoms with van der Waals surface area (Å²) in [5.74, 6) is -0.363. The molecule has 5 nitrogen and oxygen atoms in total. The van der Waals surface area contributed by atoms with E-state index in [0.717, 1.165) is 0 Å². The lowest BCUT2D eigenvalue weighted by Crippen LogP contribution is -2.71. The summed E-state index contributed by atoms with van der Waals surface area (Å²) in [4.78, 5) is 9.88. The summed E-state index contributed by atoms with van der Waals surface area (Å²) in [5.41, 5.74) is 0.